The maximum atomic E-state index is 13.4. The molecule has 0 atom stereocenters. The highest BCUT2D eigenvalue weighted by Gasteiger charge is 2.04. The van der Waals surface area contributed by atoms with Gasteiger partial charge in [0.15, 0.2) is 0 Å². The summed E-state index contributed by atoms with van der Waals surface area (Å²) in [6, 6.07) is 8.08. The van der Waals surface area contributed by atoms with E-state index in [9.17, 15) is 4.39 Å². The fourth-order valence-electron chi connectivity index (χ4n) is 1.44. The average Bonchev–Trinajstić information content (AvgIpc) is 2.23. The zero-order chi connectivity index (χ0) is 10.1. The maximum absolute atomic E-state index is 13.4. The minimum Gasteiger partial charge on any atom is -0.497 e. The van der Waals surface area contributed by atoms with Gasteiger partial charge in [0.25, 0.3) is 0 Å². The van der Waals surface area contributed by atoms with Gasteiger partial charge in [-0.2, -0.15) is 0 Å². The number of hydrogen-bond acceptors (Lipinski definition) is 2. The van der Waals surface area contributed by atoms with E-state index in [1.54, 1.807) is 31.4 Å². The fourth-order valence-corrected chi connectivity index (χ4v) is 1.44. The molecule has 0 saturated carbocycles. The van der Waals surface area contributed by atoms with Gasteiger partial charge in [-0.1, -0.05) is 0 Å². The van der Waals surface area contributed by atoms with Crippen LogP contribution in [0.3, 0.4) is 0 Å². The smallest absolute Gasteiger partial charge is 0.131 e. The van der Waals surface area contributed by atoms with Gasteiger partial charge in [0.1, 0.15) is 11.6 Å². The molecule has 2 aromatic rings. The number of benzene rings is 2. The molecule has 0 unspecified atom stereocenters. The molecule has 0 heterocycles. The molecule has 0 aliphatic heterocycles. The van der Waals surface area contributed by atoms with Gasteiger partial charge in [0.2, 0.25) is 0 Å². The normalized spacial score (nSPS) is 10.4. The van der Waals surface area contributed by atoms with Crippen LogP contribution in [0.5, 0.6) is 5.75 Å². The van der Waals surface area contributed by atoms with Crippen LogP contribution < -0.4 is 10.5 Å². The molecule has 2 nitrogen and oxygen atoms in total. The molecule has 0 fully saturated rings. The second kappa shape index (κ2) is 3.18. The highest BCUT2D eigenvalue weighted by atomic mass is 19.1. The summed E-state index contributed by atoms with van der Waals surface area (Å²) >= 11 is 0. The molecule has 0 saturated heterocycles. The van der Waals surface area contributed by atoms with Crippen molar-refractivity contribution in [3.05, 3.63) is 36.1 Å². The van der Waals surface area contributed by atoms with E-state index in [1.807, 2.05) is 0 Å². The van der Waals surface area contributed by atoms with Crippen molar-refractivity contribution in [1.29, 1.82) is 0 Å². The molecule has 0 aliphatic rings. The molecule has 2 rings (SSSR count). The number of anilines is 1. The monoisotopic (exact) mass is 191 g/mol. The van der Waals surface area contributed by atoms with Gasteiger partial charge >= 0.3 is 0 Å². The lowest BCUT2D eigenvalue weighted by molar-refractivity contribution is 0.415. The Bertz CT molecular complexity index is 482. The molecule has 72 valence electrons. The van der Waals surface area contributed by atoms with Crippen LogP contribution in [0.1, 0.15) is 0 Å². The minimum atomic E-state index is -0.284. The van der Waals surface area contributed by atoms with Gasteiger partial charge in [0, 0.05) is 16.5 Å². The summed E-state index contributed by atoms with van der Waals surface area (Å²) in [5.74, 6) is 0.343. The maximum Gasteiger partial charge on any atom is 0.131 e. The highest BCUT2D eigenvalue weighted by molar-refractivity contribution is 5.94. The molecule has 3 heteroatoms. The number of methoxy groups -OCH3 is 1. The Balaban J connectivity index is 2.80. The SMILES string of the molecule is COc1ccc2c(N)ccc(F)c2c1. The van der Waals surface area contributed by atoms with Crippen LogP contribution in [0.15, 0.2) is 30.3 Å². The van der Waals surface area contributed by atoms with E-state index in [-0.39, 0.29) is 5.82 Å². The summed E-state index contributed by atoms with van der Waals surface area (Å²) in [7, 11) is 1.55. The van der Waals surface area contributed by atoms with Crippen molar-refractivity contribution >= 4 is 16.5 Å². The summed E-state index contributed by atoms with van der Waals surface area (Å²) < 4.78 is 18.4. The Morgan fingerprint density at radius 1 is 1.14 bits per heavy atom. The predicted molar refractivity (Wildman–Crippen MR) is 54.9 cm³/mol. The van der Waals surface area contributed by atoms with Gasteiger partial charge < -0.3 is 10.5 Å². The van der Waals surface area contributed by atoms with E-state index >= 15 is 0 Å². The average molecular weight is 191 g/mol. The van der Waals surface area contributed by atoms with Crippen LogP contribution in [-0.2, 0) is 0 Å². The first-order valence-electron chi connectivity index (χ1n) is 4.24. The van der Waals surface area contributed by atoms with Crippen LogP contribution in [0.4, 0.5) is 10.1 Å². The van der Waals surface area contributed by atoms with Crippen LogP contribution in [0.2, 0.25) is 0 Å². The first-order valence-corrected chi connectivity index (χ1v) is 4.24. The first-order chi connectivity index (χ1) is 6.72. The second-order valence-electron chi connectivity index (χ2n) is 3.05. The number of ether oxygens (including phenoxy) is 1. The Labute approximate surface area is 81.1 Å². The first kappa shape index (κ1) is 8.81. The molecule has 0 spiro atoms. The lowest BCUT2D eigenvalue weighted by Crippen LogP contribution is -1.90. The second-order valence-corrected chi connectivity index (χ2v) is 3.05. The molecule has 0 amide bonds. The van der Waals surface area contributed by atoms with Crippen molar-refractivity contribution in [2.75, 3.05) is 12.8 Å². The van der Waals surface area contributed by atoms with E-state index in [0.717, 1.165) is 0 Å². The summed E-state index contributed by atoms with van der Waals surface area (Å²) in [6.07, 6.45) is 0. The van der Waals surface area contributed by atoms with Gasteiger partial charge in [-0.15, -0.1) is 0 Å². The van der Waals surface area contributed by atoms with E-state index in [2.05, 4.69) is 0 Å². The molecule has 0 aliphatic carbocycles. The lowest BCUT2D eigenvalue weighted by Gasteiger charge is -2.05. The van der Waals surface area contributed by atoms with E-state index in [1.165, 1.54) is 6.07 Å². The van der Waals surface area contributed by atoms with Gasteiger partial charge in [-0.3, -0.25) is 0 Å². The molecule has 14 heavy (non-hydrogen) atoms. The lowest BCUT2D eigenvalue weighted by atomic mass is 10.1. The van der Waals surface area contributed by atoms with Crippen molar-refractivity contribution in [2.45, 2.75) is 0 Å². The van der Waals surface area contributed by atoms with Crippen LogP contribution in [-0.4, -0.2) is 7.11 Å². The van der Waals surface area contributed by atoms with E-state index < -0.39 is 0 Å². The molecule has 0 aromatic heterocycles. The van der Waals surface area contributed by atoms with Crippen molar-refractivity contribution in [3.63, 3.8) is 0 Å². The Kier molecular flexibility index (Phi) is 2.00. The van der Waals surface area contributed by atoms with Crippen LogP contribution in [0, 0.1) is 5.82 Å². The largest absolute Gasteiger partial charge is 0.497 e. The van der Waals surface area contributed by atoms with Crippen LogP contribution in [0.25, 0.3) is 10.8 Å². The molecular formula is C11H10FNO. The summed E-state index contributed by atoms with van der Waals surface area (Å²) in [5.41, 5.74) is 6.28. The summed E-state index contributed by atoms with van der Waals surface area (Å²) in [6.45, 7) is 0. The van der Waals surface area contributed by atoms with Gasteiger partial charge in [-0.05, 0) is 30.3 Å². The number of nitrogen functional groups attached to an aromatic ring is 1. The van der Waals surface area contributed by atoms with Crippen molar-refractivity contribution in [1.82, 2.24) is 0 Å². The standard InChI is InChI=1S/C11H10FNO/c1-14-7-2-3-8-9(6-7)10(12)4-5-11(8)13/h2-6H,13H2,1H3. The third-order valence-electron chi connectivity index (χ3n) is 2.20. The van der Waals surface area contributed by atoms with Crippen LogP contribution >= 0.6 is 0 Å². The molecule has 0 radical (unpaired) electrons. The minimum absolute atomic E-state index is 0.284. The van der Waals surface area contributed by atoms with Gasteiger partial charge in [0.05, 0.1) is 7.11 Å². The van der Waals surface area contributed by atoms with E-state index in [0.29, 0.717) is 22.2 Å². The van der Waals surface area contributed by atoms with Crippen molar-refractivity contribution in [3.8, 4) is 5.75 Å². The zero-order valence-corrected chi connectivity index (χ0v) is 7.75. The number of fused-ring (bicyclic) bond motifs is 1. The molecule has 2 N–H and O–H groups in total. The third-order valence-corrected chi connectivity index (χ3v) is 2.20. The quantitative estimate of drug-likeness (QED) is 0.703. The predicted octanol–water partition coefficient (Wildman–Crippen LogP) is 2.57. The summed E-state index contributed by atoms with van der Waals surface area (Å²) in [5, 5.41) is 1.20. The fraction of sp³-hybridized carbons (Fsp3) is 0.0909. The topological polar surface area (TPSA) is 35.2 Å². The van der Waals surface area contributed by atoms with Gasteiger partial charge in [-0.25, -0.2) is 4.39 Å². The summed E-state index contributed by atoms with van der Waals surface area (Å²) in [4.78, 5) is 0. The number of nitrogens with two attached hydrogens (primary N) is 1. The third kappa shape index (κ3) is 1.27. The van der Waals surface area contributed by atoms with Crippen molar-refractivity contribution in [2.24, 2.45) is 0 Å². The molecule has 0 bridgehead atoms. The number of hydrogen-bond donors (Lipinski definition) is 1. The molecular weight excluding hydrogens is 181 g/mol. The molecule has 2 aromatic carbocycles. The number of rotatable bonds is 1. The Hall–Kier alpha value is -1.77. The highest BCUT2D eigenvalue weighted by Crippen LogP contribution is 2.27. The zero-order valence-electron chi connectivity index (χ0n) is 7.75. The Morgan fingerprint density at radius 3 is 2.64 bits per heavy atom. The Morgan fingerprint density at radius 2 is 1.93 bits per heavy atom. The van der Waals surface area contributed by atoms with E-state index in [4.69, 9.17) is 10.5 Å². The van der Waals surface area contributed by atoms with Crippen molar-refractivity contribution < 1.29 is 9.13 Å². The number of halogens is 1.